The Labute approximate surface area is 286 Å². The molecule has 8 aromatic rings. The first kappa shape index (κ1) is 26.9. The van der Waals surface area contributed by atoms with Crippen LogP contribution in [0.2, 0.25) is 0 Å². The van der Waals surface area contributed by atoms with Crippen molar-refractivity contribution in [1.29, 1.82) is 0 Å². The number of aliphatic imine (C=N–C) groups is 1. The van der Waals surface area contributed by atoms with Gasteiger partial charge in [0.05, 0.1) is 16.9 Å². The van der Waals surface area contributed by atoms with E-state index < -0.39 is 0 Å². The molecule has 0 radical (unpaired) electrons. The smallest absolute Gasteiger partial charge is 0.150 e. The van der Waals surface area contributed by atoms with Gasteiger partial charge in [0.2, 0.25) is 0 Å². The van der Waals surface area contributed by atoms with Crippen LogP contribution >= 0.6 is 23.1 Å². The Morgan fingerprint density at radius 3 is 2.27 bits per heavy atom. The van der Waals surface area contributed by atoms with E-state index in [1.54, 1.807) is 11.3 Å². The molecule has 0 saturated heterocycles. The average Bonchev–Trinajstić information content (AvgIpc) is 3.80. The largest absolute Gasteiger partial charge is 0.346 e. The number of hydrogen-bond donors (Lipinski definition) is 0. The summed E-state index contributed by atoms with van der Waals surface area (Å²) in [6.45, 7) is 0. The molecule has 6 aromatic carbocycles. The molecular weight excluding hydrogens is 623 g/mol. The molecule has 2 aliphatic heterocycles. The number of hydrogen-bond acceptors (Lipinski definition) is 4. The predicted octanol–water partition coefficient (Wildman–Crippen LogP) is 11.7. The Morgan fingerprint density at radius 2 is 1.42 bits per heavy atom. The van der Waals surface area contributed by atoms with E-state index in [-0.39, 0.29) is 6.17 Å². The summed E-state index contributed by atoms with van der Waals surface area (Å²) in [6.07, 6.45) is 3.38. The number of rotatable bonds is 2. The molecule has 5 heteroatoms. The highest BCUT2D eigenvalue weighted by Crippen LogP contribution is 2.57. The molecule has 1 aliphatic carbocycles. The van der Waals surface area contributed by atoms with E-state index in [0.29, 0.717) is 5.92 Å². The zero-order valence-electron chi connectivity index (χ0n) is 26.2. The van der Waals surface area contributed by atoms with Crippen LogP contribution in [-0.2, 0) is 6.42 Å². The first-order valence-electron chi connectivity index (χ1n) is 16.6. The van der Waals surface area contributed by atoms with Gasteiger partial charge in [-0.15, -0.1) is 11.3 Å². The third kappa shape index (κ3) is 3.63. The second-order valence-electron chi connectivity index (χ2n) is 13.1. The van der Waals surface area contributed by atoms with Crippen LogP contribution in [0.25, 0.3) is 48.6 Å². The van der Waals surface area contributed by atoms with Gasteiger partial charge in [-0.05, 0) is 62.2 Å². The number of allylic oxidation sites excluding steroid dienone is 1. The number of aromatic nitrogens is 1. The van der Waals surface area contributed by atoms with E-state index in [1.165, 1.54) is 74.8 Å². The Kier molecular flexibility index (Phi) is 5.58. The summed E-state index contributed by atoms with van der Waals surface area (Å²) in [5, 5.41) is 9.00. The molecule has 2 aromatic heterocycles. The number of fused-ring (bicyclic) bond motifs is 13. The molecule has 4 heterocycles. The van der Waals surface area contributed by atoms with Crippen molar-refractivity contribution in [2.24, 2.45) is 4.99 Å². The predicted molar refractivity (Wildman–Crippen MR) is 206 cm³/mol. The number of thiophene rings is 1. The molecule has 11 rings (SSSR count). The number of nitrogens with zero attached hydrogens (tertiary/aromatic N) is 3. The van der Waals surface area contributed by atoms with Crippen LogP contribution in [0.15, 0.2) is 142 Å². The van der Waals surface area contributed by atoms with Gasteiger partial charge in [-0.1, -0.05) is 127 Å². The van der Waals surface area contributed by atoms with Crippen LogP contribution in [0.4, 0.5) is 10.7 Å². The second-order valence-corrected chi connectivity index (χ2v) is 15.2. The summed E-state index contributed by atoms with van der Waals surface area (Å²) < 4.78 is 3.89. The molecule has 228 valence electrons. The number of anilines is 1. The molecular formula is C43H29N3S2. The van der Waals surface area contributed by atoms with Crippen LogP contribution in [-0.4, -0.2) is 17.3 Å². The topological polar surface area (TPSA) is 20.5 Å². The number of benzene rings is 6. The Hall–Kier alpha value is -5.10. The van der Waals surface area contributed by atoms with Crippen LogP contribution < -0.4 is 4.90 Å². The third-order valence-corrected chi connectivity index (χ3v) is 13.0. The zero-order chi connectivity index (χ0) is 31.5. The van der Waals surface area contributed by atoms with Crippen molar-refractivity contribution >= 4 is 88.1 Å². The lowest BCUT2D eigenvalue weighted by molar-refractivity contribution is 0.632. The van der Waals surface area contributed by atoms with E-state index in [9.17, 15) is 0 Å². The van der Waals surface area contributed by atoms with Gasteiger partial charge >= 0.3 is 0 Å². The molecule has 0 fully saturated rings. The van der Waals surface area contributed by atoms with Crippen molar-refractivity contribution in [2.45, 2.75) is 23.4 Å². The summed E-state index contributed by atoms with van der Waals surface area (Å²) in [5.41, 5.74) is 8.94. The van der Waals surface area contributed by atoms with Crippen LogP contribution in [0.5, 0.6) is 0 Å². The minimum absolute atomic E-state index is 0.131. The van der Waals surface area contributed by atoms with Crippen molar-refractivity contribution in [3.8, 4) is 0 Å². The molecule has 3 nitrogen and oxygen atoms in total. The summed E-state index contributed by atoms with van der Waals surface area (Å²) in [7, 11) is 2.27. The molecule has 0 bridgehead atoms. The molecule has 0 N–H and O–H groups in total. The summed E-state index contributed by atoms with van der Waals surface area (Å²) in [4.78, 5) is 10.9. The quantitative estimate of drug-likeness (QED) is 0.185. The van der Waals surface area contributed by atoms with Gasteiger partial charge in [0.1, 0.15) is 5.00 Å². The van der Waals surface area contributed by atoms with Crippen molar-refractivity contribution in [1.82, 2.24) is 4.57 Å². The fraction of sp³-hybridized carbons (Fsp3) is 0.0930. The maximum Gasteiger partial charge on any atom is 0.150 e. The van der Waals surface area contributed by atoms with E-state index in [4.69, 9.17) is 4.99 Å². The minimum Gasteiger partial charge on any atom is -0.346 e. The molecule has 2 unspecified atom stereocenters. The van der Waals surface area contributed by atoms with E-state index >= 15 is 0 Å². The zero-order valence-corrected chi connectivity index (χ0v) is 27.9. The lowest BCUT2D eigenvalue weighted by atomic mass is 9.85. The van der Waals surface area contributed by atoms with Crippen molar-refractivity contribution < 1.29 is 0 Å². The lowest BCUT2D eigenvalue weighted by Crippen LogP contribution is -2.38. The van der Waals surface area contributed by atoms with Gasteiger partial charge < -0.3 is 9.47 Å². The van der Waals surface area contributed by atoms with Crippen LogP contribution in [0.1, 0.15) is 34.5 Å². The molecule has 0 spiro atoms. The normalized spacial score (nSPS) is 18.1. The maximum atomic E-state index is 5.54. The lowest BCUT2D eigenvalue weighted by Gasteiger charge is -2.37. The number of thioether (sulfide) groups is 1. The van der Waals surface area contributed by atoms with Gasteiger partial charge in [-0.2, -0.15) is 0 Å². The maximum absolute atomic E-state index is 5.54. The van der Waals surface area contributed by atoms with E-state index in [1.807, 2.05) is 11.8 Å². The first-order chi connectivity index (χ1) is 23.7. The molecule has 48 heavy (non-hydrogen) atoms. The summed E-state index contributed by atoms with van der Waals surface area (Å²) in [6, 6.07) is 46.7. The second kappa shape index (κ2) is 9.96. The van der Waals surface area contributed by atoms with Gasteiger partial charge in [0, 0.05) is 44.6 Å². The standard InChI is InChI=1S/C43H29N3S2/c1-45-40-31-17-9-10-18-36(31)48-42(40)44-39(27-13-3-2-4-14-27)43(45)46-34-22-20-25-11-5-7-15-28(25)38(34)33-23-32-30-21-19-26-12-6-8-16-29(26)41(30)47-37(32)24-35(33)46/h2-22,24,32,43H,23H2,1H3. The van der Waals surface area contributed by atoms with Gasteiger partial charge in [0.15, 0.2) is 6.17 Å². The summed E-state index contributed by atoms with van der Waals surface area (Å²) in [5.74, 6) is 0.360. The van der Waals surface area contributed by atoms with Crippen molar-refractivity contribution in [3.63, 3.8) is 0 Å². The minimum atomic E-state index is -0.131. The molecule has 2 atom stereocenters. The highest BCUT2D eigenvalue weighted by molar-refractivity contribution is 8.03. The highest BCUT2D eigenvalue weighted by Gasteiger charge is 2.40. The fourth-order valence-corrected chi connectivity index (χ4v) is 11.0. The number of likely N-dealkylation sites (N-methyl/N-ethyl adjacent to an activating group) is 1. The third-order valence-electron chi connectivity index (χ3n) is 10.6. The molecule has 3 aliphatic rings. The molecule has 0 amide bonds. The van der Waals surface area contributed by atoms with Gasteiger partial charge in [-0.3, -0.25) is 0 Å². The van der Waals surface area contributed by atoms with E-state index in [2.05, 4.69) is 150 Å². The SMILES string of the molecule is CN1c2c(sc3ccccc23)N=C(c2ccccc2)C1n1c2c(c3c4ccccc4ccc31)CC1C(=C2)Sc2c1ccc1ccccc21. The first-order valence-corrected chi connectivity index (χ1v) is 18.2. The Morgan fingerprint density at radius 1 is 0.708 bits per heavy atom. The average molecular weight is 652 g/mol. The fourth-order valence-electron chi connectivity index (χ4n) is 8.50. The Balaban J connectivity index is 1.21. The summed E-state index contributed by atoms with van der Waals surface area (Å²) >= 11 is 3.77. The van der Waals surface area contributed by atoms with Crippen molar-refractivity contribution in [3.05, 3.63) is 155 Å². The highest BCUT2D eigenvalue weighted by atomic mass is 32.2. The van der Waals surface area contributed by atoms with Crippen LogP contribution in [0, 0.1) is 0 Å². The van der Waals surface area contributed by atoms with Gasteiger partial charge in [-0.25, -0.2) is 4.99 Å². The molecule has 0 saturated carbocycles. The van der Waals surface area contributed by atoms with Crippen LogP contribution in [0.3, 0.4) is 0 Å². The van der Waals surface area contributed by atoms with E-state index in [0.717, 1.165) is 22.7 Å². The monoisotopic (exact) mass is 651 g/mol. The Bertz CT molecular complexity index is 2710. The van der Waals surface area contributed by atoms with Gasteiger partial charge in [0.25, 0.3) is 0 Å². The van der Waals surface area contributed by atoms with Crippen molar-refractivity contribution in [2.75, 3.05) is 11.9 Å².